The van der Waals surface area contributed by atoms with Crippen LogP contribution in [-0.4, -0.2) is 26.3 Å². The molecule has 0 atom stereocenters. The number of aliphatic imine (C=N–C) groups is 1. The lowest BCUT2D eigenvalue weighted by molar-refractivity contribution is -0.255. The van der Waals surface area contributed by atoms with Crippen LogP contribution < -0.4 is 16.4 Å². The molecule has 0 aliphatic rings. The van der Waals surface area contributed by atoms with Crippen molar-refractivity contribution >= 4 is 17.4 Å². The largest absolute Gasteiger partial charge is 0.545 e. The predicted octanol–water partition coefficient (Wildman–Crippen LogP) is 0.795. The standard InChI is InChI=1S/C20H17N3O5/c1-12(21-15-9-5-8-14(10-15)19(26)27)16-17(24)22-20(28)23(18(16)25)11-13-6-3-2-4-7-13/h2-10,25H,11H2,1H3,(H,26,27)(H,22,24,28)/p-1. The summed E-state index contributed by atoms with van der Waals surface area (Å²) in [5.41, 5.74) is -0.634. The van der Waals surface area contributed by atoms with E-state index in [0.717, 1.165) is 10.1 Å². The Morgan fingerprint density at radius 2 is 1.86 bits per heavy atom. The van der Waals surface area contributed by atoms with Gasteiger partial charge in [0.05, 0.1) is 23.9 Å². The first-order valence-electron chi connectivity index (χ1n) is 8.34. The Kier molecular flexibility index (Phi) is 5.21. The van der Waals surface area contributed by atoms with Gasteiger partial charge in [0.1, 0.15) is 5.56 Å². The number of benzene rings is 2. The van der Waals surface area contributed by atoms with Crippen LogP contribution in [0.1, 0.15) is 28.4 Å². The van der Waals surface area contributed by atoms with Gasteiger partial charge in [0.25, 0.3) is 5.56 Å². The Hall–Kier alpha value is -3.94. The van der Waals surface area contributed by atoms with Crippen molar-refractivity contribution in [2.75, 3.05) is 0 Å². The molecular formula is C20H16N3O5-. The van der Waals surface area contributed by atoms with Crippen LogP contribution in [0.15, 0.2) is 69.2 Å². The number of aromatic carboxylic acids is 1. The van der Waals surface area contributed by atoms with E-state index < -0.39 is 23.1 Å². The number of nitrogens with one attached hydrogen (secondary N) is 1. The number of nitrogens with zero attached hydrogens (tertiary/aromatic N) is 2. The summed E-state index contributed by atoms with van der Waals surface area (Å²) in [5.74, 6) is -1.87. The van der Waals surface area contributed by atoms with Gasteiger partial charge in [-0.1, -0.05) is 42.5 Å². The van der Waals surface area contributed by atoms with Gasteiger partial charge in [-0.2, -0.15) is 0 Å². The molecule has 0 fully saturated rings. The zero-order valence-corrected chi connectivity index (χ0v) is 14.9. The fraction of sp³-hybridized carbons (Fsp3) is 0.100. The van der Waals surface area contributed by atoms with Crippen molar-refractivity contribution in [1.29, 1.82) is 0 Å². The Morgan fingerprint density at radius 1 is 1.14 bits per heavy atom. The third-order valence-electron chi connectivity index (χ3n) is 4.10. The number of carbonyl (C=O) groups excluding carboxylic acids is 1. The molecule has 3 rings (SSSR count). The van der Waals surface area contributed by atoms with Crippen LogP contribution in [0.25, 0.3) is 0 Å². The molecule has 0 unspecified atom stereocenters. The highest BCUT2D eigenvalue weighted by Gasteiger charge is 2.17. The average Bonchev–Trinajstić information content (AvgIpc) is 2.66. The van der Waals surface area contributed by atoms with Crippen molar-refractivity contribution in [2.24, 2.45) is 4.99 Å². The van der Waals surface area contributed by atoms with E-state index in [-0.39, 0.29) is 29.1 Å². The molecule has 2 aromatic carbocycles. The first kappa shape index (κ1) is 18.8. The van der Waals surface area contributed by atoms with Gasteiger partial charge in [-0.3, -0.25) is 19.3 Å². The van der Waals surface area contributed by atoms with Gasteiger partial charge in [-0.15, -0.1) is 0 Å². The second kappa shape index (κ2) is 7.75. The normalized spacial score (nSPS) is 11.4. The summed E-state index contributed by atoms with van der Waals surface area (Å²) in [5, 5.41) is 21.5. The van der Waals surface area contributed by atoms with E-state index in [1.807, 2.05) is 6.07 Å². The number of carbonyl (C=O) groups is 1. The fourth-order valence-electron chi connectivity index (χ4n) is 2.75. The fourth-order valence-corrected chi connectivity index (χ4v) is 2.75. The van der Waals surface area contributed by atoms with Crippen LogP contribution in [0, 0.1) is 0 Å². The van der Waals surface area contributed by atoms with Crippen LogP contribution in [0.5, 0.6) is 5.88 Å². The number of carboxylic acid groups (broad SMARTS) is 1. The summed E-state index contributed by atoms with van der Waals surface area (Å²) >= 11 is 0. The van der Waals surface area contributed by atoms with E-state index in [1.54, 1.807) is 30.3 Å². The van der Waals surface area contributed by atoms with Crippen LogP contribution in [0.4, 0.5) is 5.69 Å². The molecular weight excluding hydrogens is 362 g/mol. The smallest absolute Gasteiger partial charge is 0.331 e. The topological polar surface area (TPSA) is 128 Å². The number of hydrogen-bond donors (Lipinski definition) is 2. The van der Waals surface area contributed by atoms with Crippen LogP contribution in [-0.2, 0) is 6.54 Å². The maximum atomic E-state index is 12.3. The van der Waals surface area contributed by atoms with Crippen LogP contribution >= 0.6 is 0 Å². The molecule has 1 aromatic heterocycles. The predicted molar refractivity (Wildman–Crippen MR) is 101 cm³/mol. The van der Waals surface area contributed by atoms with E-state index >= 15 is 0 Å². The zero-order chi connectivity index (χ0) is 20.3. The van der Waals surface area contributed by atoms with Crippen molar-refractivity contribution < 1.29 is 15.0 Å². The van der Waals surface area contributed by atoms with Crippen molar-refractivity contribution in [3.8, 4) is 5.88 Å². The van der Waals surface area contributed by atoms with Gasteiger partial charge in [0.15, 0.2) is 0 Å². The number of H-pyrrole nitrogens is 1. The zero-order valence-electron chi connectivity index (χ0n) is 14.9. The summed E-state index contributed by atoms with van der Waals surface area (Å²) in [6, 6.07) is 14.6. The van der Waals surface area contributed by atoms with E-state index in [0.29, 0.717) is 0 Å². The molecule has 3 aromatic rings. The minimum atomic E-state index is -1.35. The Labute approximate surface area is 159 Å². The highest BCUT2D eigenvalue weighted by atomic mass is 16.4. The first-order valence-corrected chi connectivity index (χ1v) is 8.34. The van der Waals surface area contributed by atoms with Crippen molar-refractivity contribution in [3.63, 3.8) is 0 Å². The molecule has 0 aliphatic carbocycles. The maximum absolute atomic E-state index is 12.3. The summed E-state index contributed by atoms with van der Waals surface area (Å²) < 4.78 is 1.03. The quantitative estimate of drug-likeness (QED) is 0.635. The number of aromatic hydroxyl groups is 1. The molecule has 0 radical (unpaired) electrons. The maximum Gasteiger partial charge on any atom is 0.331 e. The summed E-state index contributed by atoms with van der Waals surface area (Å²) in [4.78, 5) is 41.8. The Bertz CT molecular complexity index is 1180. The van der Waals surface area contributed by atoms with Gasteiger partial charge >= 0.3 is 5.69 Å². The highest BCUT2D eigenvalue weighted by Crippen LogP contribution is 2.18. The molecule has 0 saturated heterocycles. The van der Waals surface area contributed by atoms with Gasteiger partial charge in [-0.05, 0) is 30.2 Å². The van der Waals surface area contributed by atoms with Crippen LogP contribution in [0.3, 0.4) is 0 Å². The Morgan fingerprint density at radius 3 is 2.54 bits per heavy atom. The molecule has 0 aliphatic heterocycles. The molecule has 1 heterocycles. The lowest BCUT2D eigenvalue weighted by Gasteiger charge is -2.11. The average molecular weight is 378 g/mol. The summed E-state index contributed by atoms with van der Waals surface area (Å²) in [7, 11) is 0. The first-order chi connectivity index (χ1) is 13.4. The van der Waals surface area contributed by atoms with Crippen molar-refractivity contribution in [1.82, 2.24) is 9.55 Å². The molecule has 28 heavy (non-hydrogen) atoms. The van der Waals surface area contributed by atoms with Gasteiger partial charge in [0.2, 0.25) is 5.88 Å². The molecule has 8 nitrogen and oxygen atoms in total. The minimum Gasteiger partial charge on any atom is -0.545 e. The van der Waals surface area contributed by atoms with Gasteiger partial charge in [-0.25, -0.2) is 4.79 Å². The number of hydrogen-bond acceptors (Lipinski definition) is 6. The lowest BCUT2D eigenvalue weighted by Crippen LogP contribution is -2.33. The molecule has 0 saturated carbocycles. The second-order valence-electron chi connectivity index (χ2n) is 6.06. The number of aromatic nitrogens is 2. The van der Waals surface area contributed by atoms with E-state index in [2.05, 4.69) is 9.98 Å². The summed E-state index contributed by atoms with van der Waals surface area (Å²) in [6.07, 6.45) is 0. The van der Waals surface area contributed by atoms with Crippen molar-refractivity contribution in [3.05, 3.63) is 92.1 Å². The minimum absolute atomic E-state index is 0.0583. The van der Waals surface area contributed by atoms with E-state index in [9.17, 15) is 24.6 Å². The van der Waals surface area contributed by atoms with Gasteiger partial charge in [0, 0.05) is 0 Å². The lowest BCUT2D eigenvalue weighted by atomic mass is 10.1. The number of carboxylic acids is 1. The third-order valence-corrected chi connectivity index (χ3v) is 4.10. The monoisotopic (exact) mass is 378 g/mol. The number of rotatable bonds is 5. The summed E-state index contributed by atoms with van der Waals surface area (Å²) in [6.45, 7) is 1.54. The highest BCUT2D eigenvalue weighted by molar-refractivity contribution is 6.01. The molecule has 0 amide bonds. The van der Waals surface area contributed by atoms with E-state index in [4.69, 9.17) is 0 Å². The second-order valence-corrected chi connectivity index (χ2v) is 6.06. The van der Waals surface area contributed by atoms with E-state index in [1.165, 1.54) is 25.1 Å². The molecule has 2 N–H and O–H groups in total. The van der Waals surface area contributed by atoms with Crippen molar-refractivity contribution in [2.45, 2.75) is 13.5 Å². The van der Waals surface area contributed by atoms with Crippen LogP contribution in [0.2, 0.25) is 0 Å². The Balaban J connectivity index is 2.07. The third kappa shape index (κ3) is 3.90. The SMILES string of the molecule is CC(=Nc1cccc(C(=O)[O-])c1)c1c(O)n(Cc2ccccc2)c(=O)[nH]c1=O. The molecule has 0 bridgehead atoms. The molecule has 142 valence electrons. The van der Waals surface area contributed by atoms with Gasteiger partial charge < -0.3 is 15.0 Å². The molecule has 8 heteroatoms. The number of aromatic amines is 1. The molecule has 0 spiro atoms.